The molecule has 0 saturated heterocycles. The van der Waals surface area contributed by atoms with Crippen molar-refractivity contribution in [3.05, 3.63) is 36.0 Å². The molecule has 1 aromatic rings. The molecule has 0 amide bonds. The van der Waals surface area contributed by atoms with E-state index in [0.29, 0.717) is 0 Å². The molecular formula is C13H16N2. The van der Waals surface area contributed by atoms with Crippen molar-refractivity contribution in [2.45, 2.75) is 26.2 Å². The monoisotopic (exact) mass is 200 g/mol. The Kier molecular flexibility index (Phi) is 2.14. The molecule has 2 nitrogen and oxygen atoms in total. The van der Waals surface area contributed by atoms with E-state index in [2.05, 4.69) is 43.7 Å². The summed E-state index contributed by atoms with van der Waals surface area (Å²) in [4.78, 5) is 4.36. The number of benzene rings is 1. The molecule has 2 heteroatoms. The largest absolute Gasteiger partial charge is 0.353 e. The molecule has 0 bridgehead atoms. The normalized spacial score (nSPS) is 14.7. The number of allylic oxidation sites excluding steroid dienone is 1. The van der Waals surface area contributed by atoms with Gasteiger partial charge in [0.05, 0.1) is 17.6 Å². The fourth-order valence-electron chi connectivity index (χ4n) is 1.74. The Bertz CT molecular complexity index is 436. The molecule has 0 aliphatic carbocycles. The number of aliphatic imine (C=N–C) groups is 1. The van der Waals surface area contributed by atoms with Crippen molar-refractivity contribution in [3.63, 3.8) is 0 Å². The van der Waals surface area contributed by atoms with Gasteiger partial charge in [-0.2, -0.15) is 0 Å². The Labute approximate surface area is 90.7 Å². The summed E-state index contributed by atoms with van der Waals surface area (Å²) >= 11 is 0. The van der Waals surface area contributed by atoms with Gasteiger partial charge in [0, 0.05) is 5.70 Å². The van der Waals surface area contributed by atoms with Crippen LogP contribution < -0.4 is 5.32 Å². The lowest BCUT2D eigenvalue weighted by Crippen LogP contribution is -2.16. The summed E-state index contributed by atoms with van der Waals surface area (Å²) < 4.78 is 0. The Morgan fingerprint density at radius 3 is 2.67 bits per heavy atom. The number of hydrogen-bond acceptors (Lipinski definition) is 2. The van der Waals surface area contributed by atoms with Crippen molar-refractivity contribution in [3.8, 4) is 0 Å². The number of rotatable bonds is 0. The topological polar surface area (TPSA) is 24.4 Å². The number of hydrogen-bond donors (Lipinski definition) is 1. The van der Waals surface area contributed by atoms with Crippen molar-refractivity contribution in [2.75, 3.05) is 5.32 Å². The molecule has 0 radical (unpaired) electrons. The zero-order valence-corrected chi connectivity index (χ0v) is 9.46. The van der Waals surface area contributed by atoms with E-state index in [1.165, 1.54) is 5.56 Å². The Morgan fingerprint density at radius 2 is 2.00 bits per heavy atom. The number of nitrogens with one attached hydrogen (secondary N) is 1. The first-order valence-electron chi connectivity index (χ1n) is 5.12. The number of nitrogens with zero attached hydrogens (tertiary/aromatic N) is 1. The molecule has 2 rings (SSSR count). The quantitative estimate of drug-likeness (QED) is 0.679. The summed E-state index contributed by atoms with van der Waals surface area (Å²) in [6.45, 7) is 10.5. The van der Waals surface area contributed by atoms with Crippen LogP contribution in [0.4, 0.5) is 11.4 Å². The average molecular weight is 200 g/mol. The minimum atomic E-state index is 0.117. The maximum atomic E-state index is 4.36. The highest BCUT2D eigenvalue weighted by Crippen LogP contribution is 2.38. The van der Waals surface area contributed by atoms with Crippen LogP contribution in [-0.2, 0) is 5.41 Å². The van der Waals surface area contributed by atoms with Crippen molar-refractivity contribution >= 4 is 17.6 Å². The van der Waals surface area contributed by atoms with Gasteiger partial charge in [-0.1, -0.05) is 39.5 Å². The highest BCUT2D eigenvalue weighted by Gasteiger charge is 2.21. The van der Waals surface area contributed by atoms with Crippen molar-refractivity contribution in [2.24, 2.45) is 4.99 Å². The molecule has 0 saturated carbocycles. The van der Waals surface area contributed by atoms with Crippen LogP contribution in [-0.4, -0.2) is 6.21 Å². The van der Waals surface area contributed by atoms with Crippen LogP contribution in [0.5, 0.6) is 0 Å². The lowest BCUT2D eigenvalue weighted by atomic mass is 9.85. The summed E-state index contributed by atoms with van der Waals surface area (Å²) in [5.74, 6) is 0. The van der Waals surface area contributed by atoms with Gasteiger partial charge in [0.2, 0.25) is 0 Å². The van der Waals surface area contributed by atoms with Gasteiger partial charge in [0.25, 0.3) is 0 Å². The summed E-state index contributed by atoms with van der Waals surface area (Å²) in [5.41, 5.74) is 4.33. The molecule has 1 heterocycles. The fraction of sp³-hybridized carbons (Fsp3) is 0.308. The molecule has 78 valence electrons. The second-order valence-corrected chi connectivity index (χ2v) is 4.86. The van der Waals surface area contributed by atoms with Crippen molar-refractivity contribution in [1.82, 2.24) is 0 Å². The van der Waals surface area contributed by atoms with Gasteiger partial charge < -0.3 is 5.32 Å². The van der Waals surface area contributed by atoms with Gasteiger partial charge in [-0.05, 0) is 17.0 Å². The lowest BCUT2D eigenvalue weighted by molar-refractivity contribution is 0.592. The Morgan fingerprint density at radius 1 is 1.27 bits per heavy atom. The molecule has 1 N–H and O–H groups in total. The summed E-state index contributed by atoms with van der Waals surface area (Å²) in [6, 6.07) is 6.20. The maximum Gasteiger partial charge on any atom is 0.0868 e. The summed E-state index contributed by atoms with van der Waals surface area (Å²) in [7, 11) is 0. The zero-order valence-electron chi connectivity index (χ0n) is 9.46. The summed E-state index contributed by atoms with van der Waals surface area (Å²) in [5, 5.41) is 3.29. The van der Waals surface area contributed by atoms with Gasteiger partial charge in [-0.15, -0.1) is 0 Å². The Hall–Kier alpha value is -1.57. The van der Waals surface area contributed by atoms with Crippen molar-refractivity contribution < 1.29 is 0 Å². The van der Waals surface area contributed by atoms with E-state index in [4.69, 9.17) is 0 Å². The van der Waals surface area contributed by atoms with Gasteiger partial charge >= 0.3 is 0 Å². The highest BCUT2D eigenvalue weighted by molar-refractivity contribution is 5.92. The first-order valence-corrected chi connectivity index (χ1v) is 5.12. The molecule has 0 aromatic heterocycles. The molecular weight excluding hydrogens is 184 g/mol. The second kappa shape index (κ2) is 3.23. The third kappa shape index (κ3) is 1.80. The predicted molar refractivity (Wildman–Crippen MR) is 66.1 cm³/mol. The van der Waals surface area contributed by atoms with Crippen LogP contribution in [0.1, 0.15) is 26.3 Å². The van der Waals surface area contributed by atoms with E-state index in [-0.39, 0.29) is 5.41 Å². The number of para-hydroxylation sites is 1. The number of fused-ring (bicyclic) bond motifs is 1. The molecule has 1 aliphatic heterocycles. The van der Waals surface area contributed by atoms with Crippen molar-refractivity contribution in [1.29, 1.82) is 0 Å². The standard InChI is InChI=1S/C13H16N2/c1-9-8-14-11-7-5-6-10(12(11)15-9)13(2,3)4/h5-8,15H,1H2,2-4H3. The van der Waals surface area contributed by atoms with Crippen LogP contribution in [0.3, 0.4) is 0 Å². The van der Waals surface area contributed by atoms with E-state index in [1.54, 1.807) is 6.21 Å². The first-order chi connectivity index (χ1) is 6.98. The predicted octanol–water partition coefficient (Wildman–Crippen LogP) is 3.63. The molecule has 0 unspecified atom stereocenters. The van der Waals surface area contributed by atoms with Gasteiger partial charge in [0.1, 0.15) is 0 Å². The number of anilines is 1. The fourth-order valence-corrected chi connectivity index (χ4v) is 1.74. The second-order valence-electron chi connectivity index (χ2n) is 4.86. The lowest BCUT2D eigenvalue weighted by Gasteiger charge is -2.26. The van der Waals surface area contributed by atoms with E-state index in [1.807, 2.05) is 12.1 Å². The van der Waals surface area contributed by atoms with Crippen LogP contribution in [0, 0.1) is 0 Å². The van der Waals surface area contributed by atoms with E-state index >= 15 is 0 Å². The molecule has 0 spiro atoms. The maximum absolute atomic E-state index is 4.36. The van der Waals surface area contributed by atoms with E-state index < -0.39 is 0 Å². The minimum absolute atomic E-state index is 0.117. The average Bonchev–Trinajstić information content (AvgIpc) is 2.15. The van der Waals surface area contributed by atoms with Gasteiger partial charge in [0.15, 0.2) is 0 Å². The molecule has 1 aromatic carbocycles. The third-order valence-electron chi connectivity index (χ3n) is 2.50. The third-order valence-corrected chi connectivity index (χ3v) is 2.50. The minimum Gasteiger partial charge on any atom is -0.353 e. The van der Waals surface area contributed by atoms with Gasteiger partial charge in [-0.25, -0.2) is 0 Å². The summed E-state index contributed by atoms with van der Waals surface area (Å²) in [6.07, 6.45) is 1.76. The molecule has 1 aliphatic rings. The zero-order chi connectivity index (χ0) is 11.1. The highest BCUT2D eigenvalue weighted by atomic mass is 15.0. The molecule has 0 fully saturated rings. The Balaban J connectivity index is 2.60. The molecule has 0 atom stereocenters. The van der Waals surface area contributed by atoms with Crippen LogP contribution in [0.15, 0.2) is 35.5 Å². The van der Waals surface area contributed by atoms with Gasteiger partial charge in [-0.3, -0.25) is 4.99 Å². The molecule has 15 heavy (non-hydrogen) atoms. The van der Waals surface area contributed by atoms with E-state index in [0.717, 1.165) is 17.1 Å². The van der Waals surface area contributed by atoms with Crippen LogP contribution in [0.2, 0.25) is 0 Å². The van der Waals surface area contributed by atoms with Crippen LogP contribution in [0.25, 0.3) is 0 Å². The smallest absolute Gasteiger partial charge is 0.0868 e. The van der Waals surface area contributed by atoms with E-state index in [9.17, 15) is 0 Å². The van der Waals surface area contributed by atoms with Crippen LogP contribution >= 0.6 is 0 Å². The SMILES string of the molecule is C=C1C=Nc2cccc(C(C)(C)C)c2N1. The first kappa shape index (κ1) is 9.97.